The van der Waals surface area contributed by atoms with Gasteiger partial charge in [-0.1, -0.05) is 102 Å². The molecule has 10 atom stereocenters. The summed E-state index contributed by atoms with van der Waals surface area (Å²) in [6, 6.07) is 10.9. The van der Waals surface area contributed by atoms with Crippen molar-refractivity contribution in [1.82, 2.24) is 41.7 Å². The molecule has 0 bridgehead atoms. The fraction of sp³-hybridized carbons (Fsp3) is 0.615. The largest absolute Gasteiger partial charge is 0.363 e. The molecule has 6 rings (SSSR count). The number of amides is 6. The first-order valence-corrected chi connectivity index (χ1v) is 24.3. The van der Waals surface area contributed by atoms with Crippen LogP contribution in [0.5, 0.6) is 0 Å². The van der Waals surface area contributed by atoms with Gasteiger partial charge in [-0.2, -0.15) is 0 Å². The first-order valence-electron chi connectivity index (χ1n) is 24.3. The summed E-state index contributed by atoms with van der Waals surface area (Å²) in [5, 5.41) is 18.2. The van der Waals surface area contributed by atoms with Crippen LogP contribution in [-0.2, 0) is 51.1 Å². The van der Waals surface area contributed by atoms with E-state index in [1.807, 2.05) is 90.1 Å². The van der Waals surface area contributed by atoms with Crippen LogP contribution < -0.4 is 31.9 Å². The molecule has 0 radical (unpaired) electrons. The highest BCUT2D eigenvalue weighted by Gasteiger charge is 2.46. The highest BCUT2D eigenvalue weighted by molar-refractivity contribution is 5.95. The zero-order valence-corrected chi connectivity index (χ0v) is 41.6. The van der Waals surface area contributed by atoms with Crippen LogP contribution >= 0.6 is 0 Å². The number of fused-ring (bicyclic) bond motifs is 2. The summed E-state index contributed by atoms with van der Waals surface area (Å²) >= 11 is 0. The van der Waals surface area contributed by atoms with E-state index in [0.717, 1.165) is 22.3 Å². The first kappa shape index (κ1) is 52.0. The summed E-state index contributed by atoms with van der Waals surface area (Å²) in [6.07, 6.45) is 2.67. The van der Waals surface area contributed by atoms with Crippen LogP contribution in [0, 0.1) is 22.7 Å². The molecule has 370 valence electrons. The van der Waals surface area contributed by atoms with Gasteiger partial charge in [0.25, 0.3) is 0 Å². The van der Waals surface area contributed by atoms with Gasteiger partial charge in [-0.05, 0) is 86.7 Å². The van der Waals surface area contributed by atoms with Crippen molar-refractivity contribution < 1.29 is 38.2 Å². The van der Waals surface area contributed by atoms with E-state index in [2.05, 4.69) is 43.7 Å². The van der Waals surface area contributed by atoms with Gasteiger partial charge in [0.1, 0.15) is 37.4 Å². The predicted octanol–water partition coefficient (Wildman–Crippen LogP) is 2.85. The second kappa shape index (κ2) is 22.4. The SMILES string of the molecule is CN[C@@H](C)C(=O)N[C@H](C(=O)N1CCCC1C(=O)N[C@H]1c2ccccc2C[C@H]1OCC#CCO[C@H]1Cc2ccccc2[C@@H]1NC(=O)[C@@H]1CCCN1C(=O)[C@@H](NC(=O)[C@H](C)NC)C(C)(C)C)C(C)(C)C. The minimum absolute atomic E-state index is 0.0842. The fourth-order valence-corrected chi connectivity index (χ4v) is 9.70. The van der Waals surface area contributed by atoms with E-state index in [9.17, 15) is 28.8 Å². The molecule has 4 aliphatic rings. The highest BCUT2D eigenvalue weighted by atomic mass is 16.5. The number of carbonyl (C=O) groups is 6. The third-order valence-corrected chi connectivity index (χ3v) is 14.0. The summed E-state index contributed by atoms with van der Waals surface area (Å²) in [5.41, 5.74) is 2.85. The Morgan fingerprint density at radius 3 is 1.34 bits per heavy atom. The molecule has 2 saturated heterocycles. The summed E-state index contributed by atoms with van der Waals surface area (Å²) < 4.78 is 12.7. The van der Waals surface area contributed by atoms with Crippen molar-refractivity contribution in [2.45, 2.75) is 154 Å². The molecule has 2 aliphatic carbocycles. The number of rotatable bonds is 16. The first-order chi connectivity index (χ1) is 32.2. The molecule has 0 saturated carbocycles. The number of hydrogen-bond acceptors (Lipinski definition) is 10. The van der Waals surface area contributed by atoms with Gasteiger partial charge in [-0.3, -0.25) is 28.8 Å². The Hall–Kier alpha value is -5.34. The van der Waals surface area contributed by atoms with Gasteiger partial charge in [0, 0.05) is 25.9 Å². The Bertz CT molecular complexity index is 2080. The Labute approximate surface area is 402 Å². The van der Waals surface area contributed by atoms with Crippen LogP contribution in [0.25, 0.3) is 0 Å². The van der Waals surface area contributed by atoms with Crippen molar-refractivity contribution in [1.29, 1.82) is 0 Å². The molecule has 2 aliphatic heterocycles. The Balaban J connectivity index is 1.07. The van der Waals surface area contributed by atoms with Gasteiger partial charge >= 0.3 is 0 Å². The zero-order valence-electron chi connectivity index (χ0n) is 41.6. The lowest BCUT2D eigenvalue weighted by molar-refractivity contribution is -0.144. The van der Waals surface area contributed by atoms with Gasteiger partial charge < -0.3 is 51.2 Å². The molecule has 2 heterocycles. The Morgan fingerprint density at radius 2 is 0.985 bits per heavy atom. The number of hydrogen-bond donors (Lipinski definition) is 6. The minimum Gasteiger partial charge on any atom is -0.363 e. The maximum absolute atomic E-state index is 14.1. The average molecular weight is 939 g/mol. The maximum atomic E-state index is 14.1. The van der Waals surface area contributed by atoms with E-state index in [0.29, 0.717) is 51.6 Å². The standard InChI is InChI=1S/C52H74N8O8/c1-31(53-9)45(61)57-43(51(3,4)5)49(65)59-25-17-23-37(59)47(63)55-41-35-21-13-11-19-33(35)29-39(41)67-27-15-16-28-68-40-30-34-20-12-14-22-36(34)42(40)56-48(64)38-24-18-26-60(38)50(66)44(52(6,7)8)58-46(62)32(2)54-10/h11-14,19-22,31-32,37-44,53-54H,17-18,23-30H2,1-10H3,(H,55,63)(H,56,64)(H,57,61)(H,58,62)/t31-,32-,37-,38?,39-,40+,41-,42-,43+,44+/m0/s1. The second-order valence-corrected chi connectivity index (χ2v) is 20.8. The molecular formula is C52H74N8O8. The van der Waals surface area contributed by atoms with Crippen molar-refractivity contribution in [3.8, 4) is 11.8 Å². The van der Waals surface area contributed by atoms with Gasteiger partial charge in [-0.15, -0.1) is 0 Å². The monoisotopic (exact) mass is 939 g/mol. The molecule has 16 heteroatoms. The summed E-state index contributed by atoms with van der Waals surface area (Å²) in [7, 11) is 3.38. The van der Waals surface area contributed by atoms with Crippen LogP contribution in [0.2, 0.25) is 0 Å². The lowest BCUT2D eigenvalue weighted by Crippen LogP contribution is -2.59. The van der Waals surface area contributed by atoms with Crippen molar-refractivity contribution in [3.63, 3.8) is 0 Å². The van der Waals surface area contributed by atoms with Crippen LogP contribution in [-0.4, -0.2) is 134 Å². The summed E-state index contributed by atoms with van der Waals surface area (Å²) in [4.78, 5) is 85.5. The molecule has 2 fully saturated rings. The number of likely N-dealkylation sites (tertiary alicyclic amines) is 2. The molecule has 6 amide bonds. The van der Waals surface area contributed by atoms with Crippen LogP contribution in [0.4, 0.5) is 0 Å². The van der Waals surface area contributed by atoms with Crippen LogP contribution in [0.3, 0.4) is 0 Å². The van der Waals surface area contributed by atoms with Gasteiger partial charge in [0.15, 0.2) is 0 Å². The Morgan fingerprint density at radius 1 is 0.618 bits per heavy atom. The van der Waals surface area contributed by atoms with Gasteiger partial charge in [-0.25, -0.2) is 0 Å². The quantitative estimate of drug-likeness (QED) is 0.136. The van der Waals surface area contributed by atoms with Crippen molar-refractivity contribution in [2.24, 2.45) is 10.8 Å². The third-order valence-electron chi connectivity index (χ3n) is 14.0. The van der Waals surface area contributed by atoms with E-state index in [1.165, 1.54) is 0 Å². The topological polar surface area (TPSA) is 200 Å². The smallest absolute Gasteiger partial charge is 0.246 e. The van der Waals surface area contributed by atoms with Gasteiger partial charge in [0.05, 0.1) is 36.4 Å². The number of ether oxygens (including phenoxy) is 2. The molecule has 68 heavy (non-hydrogen) atoms. The number of benzene rings is 2. The fourth-order valence-electron chi connectivity index (χ4n) is 9.70. The molecule has 6 N–H and O–H groups in total. The van der Waals surface area contributed by atoms with Crippen LogP contribution in [0.1, 0.15) is 115 Å². The third kappa shape index (κ3) is 12.1. The molecular weight excluding hydrogens is 865 g/mol. The number of nitrogens with one attached hydrogen (secondary N) is 6. The second-order valence-electron chi connectivity index (χ2n) is 20.8. The van der Waals surface area contributed by atoms with Crippen molar-refractivity contribution >= 4 is 35.4 Å². The number of likely N-dealkylation sites (N-methyl/N-ethyl adjacent to an activating group) is 2. The highest BCUT2D eigenvalue weighted by Crippen LogP contribution is 2.36. The summed E-state index contributed by atoms with van der Waals surface area (Å²) in [6.45, 7) is 15.9. The van der Waals surface area contributed by atoms with Crippen molar-refractivity contribution in [3.05, 3.63) is 70.8 Å². The van der Waals surface area contributed by atoms with E-state index in [4.69, 9.17) is 9.47 Å². The van der Waals surface area contributed by atoms with E-state index >= 15 is 0 Å². The molecule has 16 nitrogen and oxygen atoms in total. The lowest BCUT2D eigenvalue weighted by atomic mass is 9.85. The number of nitrogens with zero attached hydrogens (tertiary/aromatic N) is 2. The van der Waals surface area contributed by atoms with Gasteiger partial charge in [0.2, 0.25) is 35.4 Å². The lowest BCUT2D eigenvalue weighted by Gasteiger charge is -2.36. The molecule has 0 spiro atoms. The maximum Gasteiger partial charge on any atom is 0.246 e. The number of carbonyl (C=O) groups excluding carboxylic acids is 6. The molecule has 1 unspecified atom stereocenters. The predicted molar refractivity (Wildman–Crippen MR) is 259 cm³/mol. The van der Waals surface area contributed by atoms with Crippen molar-refractivity contribution in [2.75, 3.05) is 40.4 Å². The zero-order chi connectivity index (χ0) is 49.5. The van der Waals surface area contributed by atoms with E-state index in [-0.39, 0.29) is 48.7 Å². The average Bonchev–Trinajstić information content (AvgIpc) is 4.13. The molecule has 2 aromatic carbocycles. The van der Waals surface area contributed by atoms with Crippen LogP contribution in [0.15, 0.2) is 48.5 Å². The minimum atomic E-state index is -0.819. The molecule has 0 aromatic heterocycles. The normalized spacial score (nSPS) is 23.9. The molecule has 2 aromatic rings. The Kier molecular flexibility index (Phi) is 17.1. The summed E-state index contributed by atoms with van der Waals surface area (Å²) in [5.74, 6) is 4.52. The van der Waals surface area contributed by atoms with E-state index < -0.39 is 71.4 Å². The van der Waals surface area contributed by atoms with E-state index in [1.54, 1.807) is 37.7 Å².